The zero-order valence-electron chi connectivity index (χ0n) is 8.90. The Labute approximate surface area is 92.4 Å². The Morgan fingerprint density at radius 2 is 2.31 bits per heavy atom. The molecule has 84 valence electrons. The quantitative estimate of drug-likeness (QED) is 0.806. The molecule has 0 saturated carbocycles. The largest absolute Gasteiger partial charge is 0.504 e. The van der Waals surface area contributed by atoms with E-state index in [0.717, 1.165) is 5.39 Å². The van der Waals surface area contributed by atoms with Crippen molar-refractivity contribution in [3.05, 3.63) is 30.0 Å². The fourth-order valence-corrected chi connectivity index (χ4v) is 1.60. The first-order valence-corrected chi connectivity index (χ1v) is 5.05. The molecule has 0 bridgehead atoms. The van der Waals surface area contributed by atoms with Gasteiger partial charge in [-0.2, -0.15) is 0 Å². The Hall–Kier alpha value is -1.97. The van der Waals surface area contributed by atoms with Crippen molar-refractivity contribution in [2.45, 2.75) is 13.3 Å². The first kappa shape index (κ1) is 10.5. The van der Waals surface area contributed by atoms with Gasteiger partial charge in [0.25, 0.3) is 0 Å². The summed E-state index contributed by atoms with van der Waals surface area (Å²) >= 11 is 0. The Morgan fingerprint density at radius 3 is 3.06 bits per heavy atom. The summed E-state index contributed by atoms with van der Waals surface area (Å²) in [6, 6.07) is 5.06. The lowest BCUT2D eigenvalue weighted by Gasteiger charge is -2.03. The zero-order chi connectivity index (χ0) is 11.5. The maximum Gasteiger partial charge on any atom is 0.310 e. The van der Waals surface area contributed by atoms with Crippen molar-refractivity contribution >= 4 is 16.9 Å². The number of carbonyl (C=O) groups is 1. The molecule has 1 aromatic heterocycles. The van der Waals surface area contributed by atoms with E-state index >= 15 is 0 Å². The van der Waals surface area contributed by atoms with Crippen LogP contribution in [0.1, 0.15) is 12.5 Å². The van der Waals surface area contributed by atoms with E-state index < -0.39 is 0 Å². The van der Waals surface area contributed by atoms with Gasteiger partial charge in [0, 0.05) is 5.39 Å². The fraction of sp³-hybridized carbons (Fsp3) is 0.250. The number of benzene rings is 1. The van der Waals surface area contributed by atoms with Gasteiger partial charge in [0.1, 0.15) is 0 Å². The Kier molecular flexibility index (Phi) is 2.81. The zero-order valence-corrected chi connectivity index (χ0v) is 8.90. The number of fused-ring (bicyclic) bond motifs is 1. The van der Waals surface area contributed by atoms with Gasteiger partial charge in [-0.15, -0.1) is 0 Å². The number of ether oxygens (including phenoxy) is 1. The van der Waals surface area contributed by atoms with E-state index in [4.69, 9.17) is 9.15 Å². The van der Waals surface area contributed by atoms with Gasteiger partial charge in [-0.3, -0.25) is 4.79 Å². The second-order valence-corrected chi connectivity index (χ2v) is 3.44. The average Bonchev–Trinajstić information content (AvgIpc) is 2.66. The van der Waals surface area contributed by atoms with E-state index in [9.17, 15) is 9.90 Å². The third kappa shape index (κ3) is 2.00. The van der Waals surface area contributed by atoms with Gasteiger partial charge < -0.3 is 14.3 Å². The van der Waals surface area contributed by atoms with Crippen molar-refractivity contribution in [2.75, 3.05) is 6.61 Å². The Morgan fingerprint density at radius 1 is 1.50 bits per heavy atom. The van der Waals surface area contributed by atoms with Gasteiger partial charge in [-0.1, -0.05) is 0 Å². The molecule has 16 heavy (non-hydrogen) atoms. The predicted octanol–water partition coefficient (Wildman–Crippen LogP) is 2.24. The van der Waals surface area contributed by atoms with Crippen molar-refractivity contribution in [3.8, 4) is 5.75 Å². The topological polar surface area (TPSA) is 59.7 Å². The molecule has 2 aromatic rings. The highest BCUT2D eigenvalue weighted by Crippen LogP contribution is 2.27. The molecule has 2 rings (SSSR count). The highest BCUT2D eigenvalue weighted by Gasteiger charge is 2.09. The summed E-state index contributed by atoms with van der Waals surface area (Å²) in [5, 5.41) is 10.4. The van der Waals surface area contributed by atoms with Crippen LogP contribution in [0.4, 0.5) is 0 Å². The number of hydrogen-bond acceptors (Lipinski definition) is 4. The molecule has 0 amide bonds. The van der Waals surface area contributed by atoms with Gasteiger partial charge in [-0.05, 0) is 30.7 Å². The van der Waals surface area contributed by atoms with Crippen LogP contribution in [-0.2, 0) is 16.0 Å². The molecular weight excluding hydrogens is 208 g/mol. The van der Waals surface area contributed by atoms with Crippen molar-refractivity contribution in [1.82, 2.24) is 0 Å². The molecule has 0 aliphatic rings. The summed E-state index contributed by atoms with van der Waals surface area (Å²) in [6.45, 7) is 2.12. The van der Waals surface area contributed by atoms with Crippen LogP contribution in [0.15, 0.2) is 28.9 Å². The van der Waals surface area contributed by atoms with Crippen molar-refractivity contribution in [1.29, 1.82) is 0 Å². The Balaban J connectivity index is 2.28. The van der Waals surface area contributed by atoms with Gasteiger partial charge in [-0.25, -0.2) is 0 Å². The van der Waals surface area contributed by atoms with Gasteiger partial charge >= 0.3 is 5.97 Å². The number of carbonyl (C=O) groups excluding carboxylic acids is 1. The molecular formula is C12H12O4. The summed E-state index contributed by atoms with van der Waals surface area (Å²) in [5.41, 5.74) is 1.15. The smallest absolute Gasteiger partial charge is 0.310 e. The Bertz CT molecular complexity index is 513. The highest BCUT2D eigenvalue weighted by atomic mass is 16.5. The number of esters is 1. The van der Waals surface area contributed by atoms with Crippen LogP contribution >= 0.6 is 0 Å². The van der Waals surface area contributed by atoms with E-state index in [1.165, 1.54) is 12.3 Å². The standard InChI is InChI=1S/C12H12O4/c1-2-15-11(14)7-8-5-9-3-4-16-12(9)10(13)6-8/h3-6,13H,2,7H2,1H3. The summed E-state index contributed by atoms with van der Waals surface area (Å²) in [6.07, 6.45) is 1.65. The van der Waals surface area contributed by atoms with Crippen LogP contribution in [0, 0.1) is 0 Å². The number of hydrogen-bond donors (Lipinski definition) is 1. The van der Waals surface area contributed by atoms with Crippen LogP contribution < -0.4 is 0 Å². The minimum Gasteiger partial charge on any atom is -0.504 e. The van der Waals surface area contributed by atoms with Crippen molar-refractivity contribution in [3.63, 3.8) is 0 Å². The normalized spacial score (nSPS) is 10.6. The highest BCUT2D eigenvalue weighted by molar-refractivity contribution is 5.85. The molecule has 0 aliphatic heterocycles. The molecule has 0 fully saturated rings. The molecule has 1 aromatic carbocycles. The molecule has 0 unspecified atom stereocenters. The minimum atomic E-state index is -0.301. The lowest BCUT2D eigenvalue weighted by atomic mass is 10.1. The first-order chi connectivity index (χ1) is 7.70. The molecule has 4 nitrogen and oxygen atoms in total. The molecule has 0 saturated heterocycles. The average molecular weight is 220 g/mol. The van der Waals surface area contributed by atoms with E-state index in [-0.39, 0.29) is 18.1 Å². The second kappa shape index (κ2) is 4.26. The van der Waals surface area contributed by atoms with Crippen LogP contribution in [0.3, 0.4) is 0 Å². The maximum atomic E-state index is 11.3. The number of phenolic OH excluding ortho intramolecular Hbond substituents is 1. The number of aromatic hydroxyl groups is 1. The van der Waals surface area contributed by atoms with Crippen LogP contribution in [0.2, 0.25) is 0 Å². The summed E-state index contributed by atoms with van der Waals surface area (Å²) in [5.74, 6) is -0.258. The van der Waals surface area contributed by atoms with Crippen LogP contribution in [0.5, 0.6) is 5.75 Å². The van der Waals surface area contributed by atoms with Crippen LogP contribution in [0.25, 0.3) is 11.0 Å². The number of phenols is 1. The monoisotopic (exact) mass is 220 g/mol. The molecule has 1 heterocycles. The lowest BCUT2D eigenvalue weighted by Crippen LogP contribution is -2.07. The van der Waals surface area contributed by atoms with E-state index in [0.29, 0.717) is 17.8 Å². The van der Waals surface area contributed by atoms with E-state index in [2.05, 4.69) is 0 Å². The van der Waals surface area contributed by atoms with Crippen molar-refractivity contribution in [2.24, 2.45) is 0 Å². The summed E-state index contributed by atoms with van der Waals surface area (Å²) in [4.78, 5) is 11.3. The summed E-state index contributed by atoms with van der Waals surface area (Å²) < 4.78 is 9.93. The van der Waals surface area contributed by atoms with Gasteiger partial charge in [0.2, 0.25) is 0 Å². The third-order valence-corrected chi connectivity index (χ3v) is 2.25. The fourth-order valence-electron chi connectivity index (χ4n) is 1.60. The minimum absolute atomic E-state index is 0.0433. The predicted molar refractivity (Wildman–Crippen MR) is 58.2 cm³/mol. The number of furan rings is 1. The number of rotatable bonds is 3. The first-order valence-electron chi connectivity index (χ1n) is 5.05. The van der Waals surface area contributed by atoms with Gasteiger partial charge in [0.05, 0.1) is 19.3 Å². The van der Waals surface area contributed by atoms with E-state index in [1.807, 2.05) is 0 Å². The van der Waals surface area contributed by atoms with Crippen LogP contribution in [-0.4, -0.2) is 17.7 Å². The molecule has 4 heteroatoms. The SMILES string of the molecule is CCOC(=O)Cc1cc(O)c2occc2c1. The van der Waals surface area contributed by atoms with E-state index in [1.54, 1.807) is 19.1 Å². The third-order valence-electron chi connectivity index (χ3n) is 2.25. The molecule has 0 radical (unpaired) electrons. The lowest BCUT2D eigenvalue weighted by molar-refractivity contribution is -0.142. The molecule has 0 spiro atoms. The van der Waals surface area contributed by atoms with Crippen molar-refractivity contribution < 1.29 is 19.1 Å². The summed E-state index contributed by atoms with van der Waals surface area (Å²) in [7, 11) is 0. The maximum absolute atomic E-state index is 11.3. The molecule has 0 atom stereocenters. The molecule has 1 N–H and O–H groups in total. The van der Waals surface area contributed by atoms with Gasteiger partial charge in [0.15, 0.2) is 11.3 Å². The second-order valence-electron chi connectivity index (χ2n) is 3.44. The molecule has 0 aliphatic carbocycles.